The lowest BCUT2D eigenvalue weighted by Crippen LogP contribution is -2.47. The van der Waals surface area contributed by atoms with E-state index in [-0.39, 0.29) is 6.42 Å². The number of nitrogens with one attached hydrogen (secondary N) is 1. The molecule has 1 atom stereocenters. The molecule has 2 N–H and O–H groups in total. The summed E-state index contributed by atoms with van der Waals surface area (Å²) in [6.45, 7) is 4.43. The predicted octanol–water partition coefficient (Wildman–Crippen LogP) is 0.181. The molecule has 0 rings (SSSR count). The third kappa shape index (κ3) is 3.90. The molecule has 0 aromatic carbocycles. The normalized spacial score (nSPS) is 14.3. The highest BCUT2D eigenvalue weighted by Crippen LogP contribution is 2.14. The van der Waals surface area contributed by atoms with E-state index in [1.165, 1.54) is 20.8 Å². The molecule has 0 fully saturated rings. The highest BCUT2D eigenvalue weighted by molar-refractivity contribution is 7.90. The van der Waals surface area contributed by atoms with Crippen LogP contribution in [0.5, 0.6) is 0 Å². The van der Waals surface area contributed by atoms with Gasteiger partial charge < -0.3 is 5.11 Å². The molecule has 15 heavy (non-hydrogen) atoms. The van der Waals surface area contributed by atoms with Crippen LogP contribution in [-0.4, -0.2) is 30.3 Å². The van der Waals surface area contributed by atoms with Gasteiger partial charge in [0.05, 0.1) is 4.75 Å². The number of hydrogen-bond donors (Lipinski definition) is 2. The third-order valence-corrected chi connectivity index (χ3v) is 3.93. The van der Waals surface area contributed by atoms with Gasteiger partial charge in [-0.3, -0.25) is 4.79 Å². The number of terminal acetylenes is 1. The van der Waals surface area contributed by atoms with Crippen molar-refractivity contribution in [3.8, 4) is 12.3 Å². The molecule has 0 aliphatic rings. The quantitative estimate of drug-likeness (QED) is 0.678. The van der Waals surface area contributed by atoms with Crippen LogP contribution in [-0.2, 0) is 14.8 Å². The first-order valence-electron chi connectivity index (χ1n) is 4.30. The summed E-state index contributed by atoms with van der Waals surface area (Å²) in [4.78, 5) is 10.7. The van der Waals surface area contributed by atoms with Gasteiger partial charge in [-0.25, -0.2) is 8.42 Å². The Labute approximate surface area is 89.9 Å². The summed E-state index contributed by atoms with van der Waals surface area (Å²) in [6, 6.07) is -1.26. The molecule has 86 valence electrons. The summed E-state index contributed by atoms with van der Waals surface area (Å²) in [6.07, 6.45) is 4.77. The van der Waals surface area contributed by atoms with Gasteiger partial charge in [0, 0.05) is 6.42 Å². The van der Waals surface area contributed by atoms with Gasteiger partial charge in [-0.15, -0.1) is 12.3 Å². The number of carboxylic acid groups (broad SMARTS) is 1. The van der Waals surface area contributed by atoms with Crippen LogP contribution in [0.15, 0.2) is 0 Å². The van der Waals surface area contributed by atoms with Crippen molar-refractivity contribution in [2.24, 2.45) is 0 Å². The van der Waals surface area contributed by atoms with E-state index in [4.69, 9.17) is 11.5 Å². The lowest BCUT2D eigenvalue weighted by Gasteiger charge is -2.22. The molecule has 0 radical (unpaired) electrons. The SMILES string of the molecule is C#CCC(NS(=O)(=O)C(C)(C)C)C(=O)O. The first-order valence-corrected chi connectivity index (χ1v) is 5.78. The maximum atomic E-state index is 11.6. The molecule has 6 heteroatoms. The maximum absolute atomic E-state index is 11.6. The van der Waals surface area contributed by atoms with E-state index in [0.717, 1.165) is 0 Å². The number of carboxylic acids is 1. The van der Waals surface area contributed by atoms with Gasteiger partial charge in [0.1, 0.15) is 6.04 Å². The fraction of sp³-hybridized carbons (Fsp3) is 0.667. The molecule has 0 spiro atoms. The zero-order valence-electron chi connectivity index (χ0n) is 8.94. The minimum Gasteiger partial charge on any atom is -0.480 e. The van der Waals surface area contributed by atoms with Crippen LogP contribution < -0.4 is 4.72 Å². The monoisotopic (exact) mass is 233 g/mol. The Kier molecular flexibility index (Phi) is 4.31. The van der Waals surface area contributed by atoms with Crippen molar-refractivity contribution in [2.45, 2.75) is 38.0 Å². The lowest BCUT2D eigenvalue weighted by atomic mass is 10.2. The van der Waals surface area contributed by atoms with Gasteiger partial charge in [0.15, 0.2) is 0 Å². The van der Waals surface area contributed by atoms with Crippen molar-refractivity contribution in [3.63, 3.8) is 0 Å². The van der Waals surface area contributed by atoms with Crippen molar-refractivity contribution in [1.82, 2.24) is 4.72 Å². The van der Waals surface area contributed by atoms with E-state index in [0.29, 0.717) is 0 Å². The second kappa shape index (κ2) is 4.64. The van der Waals surface area contributed by atoms with Crippen molar-refractivity contribution >= 4 is 16.0 Å². The van der Waals surface area contributed by atoms with Crippen molar-refractivity contribution in [1.29, 1.82) is 0 Å². The smallest absolute Gasteiger partial charge is 0.322 e. The molecule has 0 aliphatic heterocycles. The molecule has 0 saturated carbocycles. The zero-order valence-corrected chi connectivity index (χ0v) is 9.76. The van der Waals surface area contributed by atoms with Crippen LogP contribution in [0, 0.1) is 12.3 Å². The maximum Gasteiger partial charge on any atom is 0.322 e. The van der Waals surface area contributed by atoms with E-state index >= 15 is 0 Å². The number of carbonyl (C=O) groups is 1. The number of sulfonamides is 1. The fourth-order valence-electron chi connectivity index (χ4n) is 0.661. The Morgan fingerprint density at radius 2 is 2.00 bits per heavy atom. The molecule has 0 aromatic heterocycles. The van der Waals surface area contributed by atoms with Crippen LogP contribution in [0.3, 0.4) is 0 Å². The first kappa shape index (κ1) is 13.9. The van der Waals surface area contributed by atoms with Gasteiger partial charge in [-0.05, 0) is 20.8 Å². The summed E-state index contributed by atoms with van der Waals surface area (Å²) < 4.78 is 24.2. The molecule has 0 aliphatic carbocycles. The Balaban J connectivity index is 4.86. The molecule has 0 bridgehead atoms. The summed E-state index contributed by atoms with van der Waals surface area (Å²) in [5.74, 6) is 0.838. The molecular weight excluding hydrogens is 218 g/mol. The van der Waals surface area contributed by atoms with Gasteiger partial charge in [0.2, 0.25) is 10.0 Å². The standard InChI is InChI=1S/C9H15NO4S/c1-5-6-7(8(11)12)10-15(13,14)9(2,3)4/h1,7,10H,6H2,2-4H3,(H,11,12). The second-order valence-electron chi connectivity index (χ2n) is 4.03. The molecule has 0 saturated heterocycles. The summed E-state index contributed by atoms with van der Waals surface area (Å²) in [5.41, 5.74) is 0. The summed E-state index contributed by atoms with van der Waals surface area (Å²) >= 11 is 0. The summed E-state index contributed by atoms with van der Waals surface area (Å²) in [7, 11) is -3.69. The van der Waals surface area contributed by atoms with E-state index in [9.17, 15) is 13.2 Å². The Bertz CT molecular complexity index is 372. The average Bonchev–Trinajstić information content (AvgIpc) is 2.00. The fourth-order valence-corrected chi connectivity index (χ4v) is 1.57. The van der Waals surface area contributed by atoms with Gasteiger partial charge in [-0.1, -0.05) is 0 Å². The summed E-state index contributed by atoms with van der Waals surface area (Å²) in [5, 5.41) is 8.71. The largest absolute Gasteiger partial charge is 0.480 e. The molecule has 1 unspecified atom stereocenters. The van der Waals surface area contributed by atoms with Crippen molar-refractivity contribution in [2.75, 3.05) is 0 Å². The van der Waals surface area contributed by atoms with E-state index < -0.39 is 26.8 Å². The van der Waals surface area contributed by atoms with Gasteiger partial charge in [0.25, 0.3) is 0 Å². The van der Waals surface area contributed by atoms with E-state index in [2.05, 4.69) is 10.6 Å². The zero-order chi connectivity index (χ0) is 12.3. The first-order chi connectivity index (χ1) is 6.62. The predicted molar refractivity (Wildman–Crippen MR) is 56.7 cm³/mol. The Hall–Kier alpha value is -1.06. The van der Waals surface area contributed by atoms with E-state index in [1.807, 2.05) is 0 Å². The minimum atomic E-state index is -3.69. The highest BCUT2D eigenvalue weighted by atomic mass is 32.2. The van der Waals surface area contributed by atoms with Crippen molar-refractivity contribution in [3.05, 3.63) is 0 Å². The topological polar surface area (TPSA) is 83.5 Å². The average molecular weight is 233 g/mol. The highest BCUT2D eigenvalue weighted by Gasteiger charge is 2.33. The number of aliphatic carboxylic acids is 1. The van der Waals surface area contributed by atoms with Crippen molar-refractivity contribution < 1.29 is 18.3 Å². The molecule has 0 aromatic rings. The van der Waals surface area contributed by atoms with E-state index in [1.54, 1.807) is 0 Å². The van der Waals surface area contributed by atoms with Crippen LogP contribution in [0.4, 0.5) is 0 Å². The molecule has 0 heterocycles. The number of hydrogen-bond acceptors (Lipinski definition) is 3. The van der Waals surface area contributed by atoms with Crippen LogP contribution in [0.1, 0.15) is 27.2 Å². The van der Waals surface area contributed by atoms with Gasteiger partial charge in [-0.2, -0.15) is 4.72 Å². The second-order valence-corrected chi connectivity index (χ2v) is 6.50. The third-order valence-electron chi connectivity index (χ3n) is 1.72. The molecule has 0 amide bonds. The van der Waals surface area contributed by atoms with Gasteiger partial charge >= 0.3 is 5.97 Å². The van der Waals surface area contributed by atoms with Crippen LogP contribution in [0.2, 0.25) is 0 Å². The lowest BCUT2D eigenvalue weighted by molar-refractivity contribution is -0.138. The Morgan fingerprint density at radius 3 is 2.27 bits per heavy atom. The van der Waals surface area contributed by atoms with Crippen LogP contribution in [0.25, 0.3) is 0 Å². The Morgan fingerprint density at radius 1 is 1.53 bits per heavy atom. The molecule has 5 nitrogen and oxygen atoms in total. The number of rotatable bonds is 4. The van der Waals surface area contributed by atoms with Crippen LogP contribution >= 0.6 is 0 Å². The molecular formula is C9H15NO4S. The minimum absolute atomic E-state index is 0.176.